The molecule has 4 atom stereocenters. The van der Waals surface area contributed by atoms with E-state index in [1.807, 2.05) is 0 Å². The first kappa shape index (κ1) is 33.3. The van der Waals surface area contributed by atoms with Gasteiger partial charge in [0.15, 0.2) is 0 Å². The van der Waals surface area contributed by atoms with Gasteiger partial charge in [-0.3, -0.25) is 27.8 Å². The molecule has 1 aromatic rings. The molecule has 0 saturated carbocycles. The van der Waals surface area contributed by atoms with Crippen molar-refractivity contribution in [1.82, 2.24) is 0 Å². The molecule has 0 spiro atoms. The summed E-state index contributed by atoms with van der Waals surface area (Å²) >= 11 is 11.6. The molecule has 0 aromatic heterocycles. The van der Waals surface area contributed by atoms with Gasteiger partial charge in [-0.1, -0.05) is 25.7 Å². The average Bonchev–Trinajstić information content (AvgIpc) is 2.80. The summed E-state index contributed by atoms with van der Waals surface area (Å²) < 4.78 is 142. The average molecular weight is 688 g/mol. The second-order valence-electron chi connectivity index (χ2n) is 9.54. The van der Waals surface area contributed by atoms with Gasteiger partial charge in [0.05, 0.1) is 0 Å². The molecule has 1 aromatic carbocycles. The molecule has 3 aliphatic rings. The van der Waals surface area contributed by atoms with Gasteiger partial charge in [0.2, 0.25) is 0 Å². The molecule has 4 bridgehead atoms. The van der Waals surface area contributed by atoms with Gasteiger partial charge in [-0.2, -0.15) is 33.7 Å². The molecule has 3 aliphatic carbocycles. The first-order chi connectivity index (χ1) is 18.1. The lowest BCUT2D eigenvalue weighted by Gasteiger charge is -2.34. The summed E-state index contributed by atoms with van der Waals surface area (Å²) in [5, 5.41) is -12.3. The molecule has 4 rings (SSSR count). The Morgan fingerprint density at radius 3 is 0.925 bits per heavy atom. The predicted octanol–water partition coefficient (Wildman–Crippen LogP) is 3.31. The van der Waals surface area contributed by atoms with Crippen molar-refractivity contribution in [1.29, 1.82) is 0 Å². The summed E-state index contributed by atoms with van der Waals surface area (Å²) in [6.07, 6.45) is -3.28. The first-order valence-corrected chi connectivity index (χ1v) is 18.3. The van der Waals surface area contributed by atoms with E-state index in [0.717, 1.165) is 0 Å². The summed E-state index contributed by atoms with van der Waals surface area (Å²) in [6.45, 7) is 0. The highest BCUT2D eigenvalue weighted by molar-refractivity contribution is 7.87. The lowest BCUT2D eigenvalue weighted by molar-refractivity contribution is 0.107. The minimum absolute atomic E-state index is 0.200. The predicted molar refractivity (Wildman–Crippen MR) is 141 cm³/mol. The SMILES string of the molecule is O=C(Cl)c1c2c(C(=O)Cl)c3c(c1C(S(=O)(=O)O)CCCCC3S(=O)(=O)O)C(S(=O)(=O)O)CCCCC2S(=O)(=O)O. The van der Waals surface area contributed by atoms with Gasteiger partial charge in [-0.25, -0.2) is 0 Å². The van der Waals surface area contributed by atoms with Crippen LogP contribution in [0.4, 0.5) is 0 Å². The number of fused-ring (bicyclic) bond motifs is 5. The Morgan fingerprint density at radius 1 is 0.475 bits per heavy atom. The van der Waals surface area contributed by atoms with Crippen molar-refractivity contribution in [3.05, 3.63) is 33.4 Å². The lowest BCUT2D eigenvalue weighted by atomic mass is 9.79. The van der Waals surface area contributed by atoms with E-state index in [1.54, 1.807) is 0 Å². The first-order valence-electron chi connectivity index (χ1n) is 11.6. The number of halogens is 2. The van der Waals surface area contributed by atoms with Crippen LogP contribution in [0.25, 0.3) is 0 Å². The lowest BCUT2D eigenvalue weighted by Crippen LogP contribution is -2.31. The van der Waals surface area contributed by atoms with Crippen molar-refractivity contribution in [3.63, 3.8) is 0 Å². The molecule has 20 heteroatoms. The molecule has 0 amide bonds. The summed E-state index contributed by atoms with van der Waals surface area (Å²) in [7, 11) is -21.3. The molecule has 226 valence electrons. The van der Waals surface area contributed by atoms with E-state index >= 15 is 0 Å². The van der Waals surface area contributed by atoms with E-state index in [2.05, 4.69) is 0 Å². The van der Waals surface area contributed by atoms with Gasteiger partial charge >= 0.3 is 0 Å². The van der Waals surface area contributed by atoms with E-state index in [1.165, 1.54) is 0 Å². The van der Waals surface area contributed by atoms with Crippen molar-refractivity contribution in [2.45, 2.75) is 72.4 Å². The molecule has 0 fully saturated rings. The van der Waals surface area contributed by atoms with Gasteiger partial charge in [0, 0.05) is 11.1 Å². The number of rotatable bonds is 6. The maximum absolute atomic E-state index is 12.9. The zero-order valence-corrected chi connectivity index (χ0v) is 25.0. The van der Waals surface area contributed by atoms with Crippen LogP contribution in [0.2, 0.25) is 0 Å². The third kappa shape index (κ3) is 6.55. The second-order valence-corrected chi connectivity index (χ2v) is 16.6. The van der Waals surface area contributed by atoms with Crippen LogP contribution in [-0.2, 0) is 40.5 Å². The highest BCUT2D eigenvalue weighted by atomic mass is 35.5. The largest absolute Gasteiger partial charge is 0.285 e. The Balaban J connectivity index is 2.95. The standard InChI is InChI=1S/C20H24Cl2O14S4/c21-19(23)17-14-10(38(28,29)30)6-2-3-7-11(39(31,32)33)15-13(14)9(37(25,26)27)5-1-4-8-12(40(34,35)36)16(17)18(15)20(22)24/h9-12H,1-8H2,(H,25,26,27)(H,28,29,30)(H,31,32,33)(H,34,35,36). The van der Waals surface area contributed by atoms with Crippen molar-refractivity contribution < 1.29 is 61.5 Å². The summed E-state index contributed by atoms with van der Waals surface area (Å²) in [6, 6.07) is 0. The smallest absolute Gasteiger partial charge is 0.272 e. The van der Waals surface area contributed by atoms with Crippen LogP contribution in [0.5, 0.6) is 0 Å². The fourth-order valence-corrected chi connectivity index (χ4v) is 10.1. The molecular formula is C20H24Cl2O14S4. The van der Waals surface area contributed by atoms with Crippen LogP contribution in [0.1, 0.15) is 115 Å². The highest BCUT2D eigenvalue weighted by Crippen LogP contribution is 2.52. The maximum Gasteiger partial charge on any atom is 0.272 e. The molecule has 14 nitrogen and oxygen atoms in total. The quantitative estimate of drug-likeness (QED) is 0.247. The van der Waals surface area contributed by atoms with Crippen LogP contribution < -0.4 is 0 Å². The molecule has 4 unspecified atom stereocenters. The Hall–Kier alpha value is -1.22. The Labute approximate surface area is 240 Å². The van der Waals surface area contributed by atoms with Crippen molar-refractivity contribution in [2.75, 3.05) is 0 Å². The Morgan fingerprint density at radius 2 is 0.700 bits per heavy atom. The maximum atomic E-state index is 12.9. The number of carbonyl (C=O) groups excluding carboxylic acids is 2. The zero-order valence-electron chi connectivity index (χ0n) is 20.2. The van der Waals surface area contributed by atoms with E-state index in [4.69, 9.17) is 23.2 Å². The molecule has 0 saturated heterocycles. The molecule has 0 aliphatic heterocycles. The Bertz CT molecular complexity index is 1600. The van der Waals surface area contributed by atoms with E-state index in [-0.39, 0.29) is 25.7 Å². The zero-order chi connectivity index (χ0) is 30.6. The van der Waals surface area contributed by atoms with Gasteiger partial charge in [0.25, 0.3) is 51.0 Å². The molecule has 0 heterocycles. The van der Waals surface area contributed by atoms with Crippen molar-refractivity contribution >= 4 is 74.2 Å². The summed E-state index contributed by atoms with van der Waals surface area (Å²) in [4.78, 5) is 25.9. The fraction of sp³-hybridized carbons (Fsp3) is 0.600. The monoisotopic (exact) mass is 686 g/mol. The molecular weight excluding hydrogens is 663 g/mol. The number of hydrogen-bond acceptors (Lipinski definition) is 10. The van der Waals surface area contributed by atoms with Crippen LogP contribution in [0.3, 0.4) is 0 Å². The third-order valence-corrected chi connectivity index (χ3v) is 12.3. The number of benzene rings is 1. The fourth-order valence-electron chi connectivity index (χ4n) is 5.68. The number of carbonyl (C=O) groups is 2. The van der Waals surface area contributed by atoms with Crippen LogP contribution in [0, 0.1) is 0 Å². The summed E-state index contributed by atoms with van der Waals surface area (Å²) in [5.74, 6) is 0. The third-order valence-electron chi connectivity index (χ3n) is 7.14. The van der Waals surface area contributed by atoms with Gasteiger partial charge < -0.3 is 0 Å². The van der Waals surface area contributed by atoms with E-state index in [0.29, 0.717) is 0 Å². The minimum Gasteiger partial charge on any atom is -0.285 e. The van der Waals surface area contributed by atoms with Crippen molar-refractivity contribution in [2.24, 2.45) is 0 Å². The second kappa shape index (κ2) is 11.5. The van der Waals surface area contributed by atoms with Crippen LogP contribution >= 0.6 is 23.2 Å². The number of hydrogen-bond donors (Lipinski definition) is 4. The van der Waals surface area contributed by atoms with Gasteiger partial charge in [0.1, 0.15) is 21.0 Å². The minimum atomic E-state index is -5.33. The summed E-state index contributed by atoms with van der Waals surface area (Å²) in [5.41, 5.74) is -6.19. The van der Waals surface area contributed by atoms with Gasteiger partial charge in [-0.15, -0.1) is 0 Å². The van der Waals surface area contributed by atoms with Crippen LogP contribution in [0.15, 0.2) is 0 Å². The molecule has 0 radical (unpaired) electrons. The topological polar surface area (TPSA) is 252 Å². The Kier molecular flexibility index (Phi) is 9.54. The highest BCUT2D eigenvalue weighted by Gasteiger charge is 2.48. The van der Waals surface area contributed by atoms with E-state index < -0.39 is 131 Å². The molecule has 40 heavy (non-hydrogen) atoms. The normalized spacial score (nSPS) is 24.9. The van der Waals surface area contributed by atoms with Crippen molar-refractivity contribution in [3.8, 4) is 0 Å². The van der Waals surface area contributed by atoms with Gasteiger partial charge in [-0.05, 0) is 71.1 Å². The van der Waals surface area contributed by atoms with Crippen LogP contribution in [-0.4, -0.2) is 62.4 Å². The van der Waals surface area contributed by atoms with E-state index in [9.17, 15) is 61.5 Å². The molecule has 4 N–H and O–H groups in total.